The van der Waals surface area contributed by atoms with Crippen LogP contribution in [0.5, 0.6) is 0 Å². The lowest BCUT2D eigenvalue weighted by atomic mass is 9.95. The van der Waals surface area contributed by atoms with Crippen LogP contribution in [0.3, 0.4) is 0 Å². The van der Waals surface area contributed by atoms with Gasteiger partial charge >= 0.3 is 0 Å². The molecule has 0 saturated heterocycles. The molecular weight excluding hydrogens is 290 g/mol. The molecule has 2 atom stereocenters. The summed E-state index contributed by atoms with van der Waals surface area (Å²) in [5.74, 6) is 0.0846. The standard InChI is InChI=1S/C15H20BrNO/c1-13(2,3)17-12(18)15(16)10-14(15,4)11-8-6-5-7-9-11/h5-9H,10H2,1-4H3,(H,17,18)/t14-,15-/m0/s1. The SMILES string of the molecule is CC(C)(C)NC(=O)[C@@]1(Br)C[C@@]1(C)c1ccccc1. The van der Waals surface area contributed by atoms with Crippen molar-refractivity contribution in [1.82, 2.24) is 5.32 Å². The van der Waals surface area contributed by atoms with E-state index in [9.17, 15) is 4.79 Å². The topological polar surface area (TPSA) is 29.1 Å². The first-order valence-corrected chi connectivity index (χ1v) is 7.05. The molecule has 1 saturated carbocycles. The van der Waals surface area contributed by atoms with Crippen molar-refractivity contribution in [3.63, 3.8) is 0 Å². The highest BCUT2D eigenvalue weighted by Crippen LogP contribution is 2.63. The van der Waals surface area contributed by atoms with Gasteiger partial charge in [-0.05, 0) is 32.8 Å². The Hall–Kier alpha value is -0.830. The van der Waals surface area contributed by atoms with Crippen LogP contribution in [0.25, 0.3) is 0 Å². The van der Waals surface area contributed by atoms with Gasteiger partial charge in [-0.15, -0.1) is 0 Å². The Balaban J connectivity index is 2.20. The maximum absolute atomic E-state index is 12.4. The van der Waals surface area contributed by atoms with Crippen molar-refractivity contribution in [2.45, 2.75) is 49.4 Å². The van der Waals surface area contributed by atoms with Crippen molar-refractivity contribution >= 4 is 21.8 Å². The van der Waals surface area contributed by atoms with E-state index in [-0.39, 0.29) is 16.9 Å². The van der Waals surface area contributed by atoms with Crippen molar-refractivity contribution in [2.75, 3.05) is 0 Å². The second-order valence-corrected chi connectivity index (χ2v) is 7.73. The summed E-state index contributed by atoms with van der Waals surface area (Å²) in [5, 5.41) is 3.06. The third kappa shape index (κ3) is 2.20. The first-order valence-electron chi connectivity index (χ1n) is 6.26. The lowest BCUT2D eigenvalue weighted by Crippen LogP contribution is -2.47. The van der Waals surface area contributed by atoms with Gasteiger partial charge in [0.25, 0.3) is 0 Å². The molecule has 18 heavy (non-hydrogen) atoms. The molecule has 0 radical (unpaired) electrons. The molecule has 2 nitrogen and oxygen atoms in total. The number of benzene rings is 1. The number of halogens is 1. The Labute approximate surface area is 117 Å². The van der Waals surface area contributed by atoms with Crippen molar-refractivity contribution in [3.05, 3.63) is 35.9 Å². The lowest BCUT2D eigenvalue weighted by molar-refractivity contribution is -0.122. The number of alkyl halides is 1. The average Bonchev–Trinajstić information content (AvgIpc) is 2.84. The Morgan fingerprint density at radius 3 is 2.33 bits per heavy atom. The monoisotopic (exact) mass is 309 g/mol. The van der Waals surface area contributed by atoms with Gasteiger partial charge in [0.05, 0.1) is 0 Å². The van der Waals surface area contributed by atoms with Crippen LogP contribution >= 0.6 is 15.9 Å². The van der Waals surface area contributed by atoms with E-state index in [2.05, 4.69) is 40.3 Å². The van der Waals surface area contributed by atoms with Crippen molar-refractivity contribution in [1.29, 1.82) is 0 Å². The van der Waals surface area contributed by atoms with Crippen LogP contribution in [0.15, 0.2) is 30.3 Å². The van der Waals surface area contributed by atoms with E-state index in [1.807, 2.05) is 39.0 Å². The fourth-order valence-corrected chi connectivity index (χ4v) is 3.24. The summed E-state index contributed by atoms with van der Waals surface area (Å²) in [5.41, 5.74) is 0.910. The molecule has 1 aromatic rings. The number of hydrogen-bond donors (Lipinski definition) is 1. The van der Waals surface area contributed by atoms with E-state index in [4.69, 9.17) is 0 Å². The predicted octanol–water partition coefficient (Wildman–Crippen LogP) is 3.40. The van der Waals surface area contributed by atoms with Crippen LogP contribution < -0.4 is 5.32 Å². The summed E-state index contributed by atoms with van der Waals surface area (Å²) in [6.07, 6.45) is 0.839. The minimum Gasteiger partial charge on any atom is -0.350 e. The van der Waals surface area contributed by atoms with E-state index in [0.717, 1.165) is 6.42 Å². The highest BCUT2D eigenvalue weighted by Gasteiger charge is 2.68. The Kier molecular flexibility index (Phi) is 3.09. The van der Waals surface area contributed by atoms with Gasteiger partial charge in [0.15, 0.2) is 0 Å². The molecule has 1 aromatic carbocycles. The van der Waals surface area contributed by atoms with E-state index in [1.54, 1.807) is 0 Å². The maximum atomic E-state index is 12.4. The van der Waals surface area contributed by atoms with Gasteiger partial charge in [0.2, 0.25) is 5.91 Å². The van der Waals surface area contributed by atoms with Crippen LogP contribution in [0.1, 0.15) is 39.7 Å². The number of carbonyl (C=O) groups is 1. The van der Waals surface area contributed by atoms with E-state index in [0.29, 0.717) is 0 Å². The highest BCUT2D eigenvalue weighted by atomic mass is 79.9. The molecule has 0 spiro atoms. The summed E-state index contributed by atoms with van der Waals surface area (Å²) < 4.78 is -0.464. The van der Waals surface area contributed by atoms with Gasteiger partial charge in [-0.3, -0.25) is 4.79 Å². The van der Waals surface area contributed by atoms with E-state index >= 15 is 0 Å². The second-order valence-electron chi connectivity index (χ2n) is 6.38. The van der Waals surface area contributed by atoms with Crippen molar-refractivity contribution in [3.8, 4) is 0 Å². The normalized spacial score (nSPS) is 30.9. The number of carbonyl (C=O) groups excluding carboxylic acids is 1. The fourth-order valence-electron chi connectivity index (χ4n) is 2.35. The van der Waals surface area contributed by atoms with Gasteiger partial charge in [-0.2, -0.15) is 0 Å². The molecule has 1 aliphatic carbocycles. The minimum atomic E-state index is -0.464. The molecule has 3 heteroatoms. The largest absolute Gasteiger partial charge is 0.350 e. The third-order valence-corrected chi connectivity index (χ3v) is 5.12. The smallest absolute Gasteiger partial charge is 0.238 e. The quantitative estimate of drug-likeness (QED) is 0.834. The van der Waals surface area contributed by atoms with Gasteiger partial charge in [-0.1, -0.05) is 53.2 Å². The lowest BCUT2D eigenvalue weighted by Gasteiger charge is -2.25. The van der Waals surface area contributed by atoms with Crippen LogP contribution in [0, 0.1) is 0 Å². The molecule has 1 amide bonds. The zero-order valence-corrected chi connectivity index (χ0v) is 13.0. The Morgan fingerprint density at radius 1 is 1.28 bits per heavy atom. The number of rotatable bonds is 2. The predicted molar refractivity (Wildman–Crippen MR) is 78.0 cm³/mol. The molecule has 98 valence electrons. The molecule has 2 rings (SSSR count). The molecule has 0 aliphatic heterocycles. The zero-order chi connectivity index (χ0) is 13.6. The zero-order valence-electron chi connectivity index (χ0n) is 11.4. The second kappa shape index (κ2) is 4.09. The fraction of sp³-hybridized carbons (Fsp3) is 0.533. The Bertz CT molecular complexity index is 465. The molecule has 1 fully saturated rings. The van der Waals surface area contributed by atoms with Gasteiger partial charge in [0.1, 0.15) is 4.32 Å². The summed E-state index contributed by atoms with van der Waals surface area (Å²) >= 11 is 3.65. The number of hydrogen-bond acceptors (Lipinski definition) is 1. The third-order valence-electron chi connectivity index (χ3n) is 3.61. The molecule has 0 unspecified atom stereocenters. The summed E-state index contributed by atoms with van der Waals surface area (Å²) in [6, 6.07) is 10.2. The molecule has 0 heterocycles. The summed E-state index contributed by atoms with van der Waals surface area (Å²) in [4.78, 5) is 12.4. The van der Waals surface area contributed by atoms with Crippen molar-refractivity contribution in [2.24, 2.45) is 0 Å². The molecule has 0 bridgehead atoms. The van der Waals surface area contributed by atoms with Crippen molar-refractivity contribution < 1.29 is 4.79 Å². The van der Waals surface area contributed by atoms with Gasteiger partial charge in [0, 0.05) is 11.0 Å². The van der Waals surface area contributed by atoms with Crippen LogP contribution in [-0.4, -0.2) is 15.8 Å². The number of nitrogens with one attached hydrogen (secondary N) is 1. The molecule has 0 aromatic heterocycles. The summed E-state index contributed by atoms with van der Waals surface area (Å²) in [6.45, 7) is 8.15. The van der Waals surface area contributed by atoms with Crippen LogP contribution in [-0.2, 0) is 10.2 Å². The van der Waals surface area contributed by atoms with Gasteiger partial charge < -0.3 is 5.32 Å². The molecule has 1 aliphatic rings. The molecule has 1 N–H and O–H groups in total. The first-order chi connectivity index (χ1) is 8.19. The van der Waals surface area contributed by atoms with Crippen LogP contribution in [0.2, 0.25) is 0 Å². The summed E-state index contributed by atoms with van der Waals surface area (Å²) in [7, 11) is 0. The van der Waals surface area contributed by atoms with Crippen LogP contribution in [0.4, 0.5) is 0 Å². The maximum Gasteiger partial charge on any atom is 0.238 e. The first kappa shape index (κ1) is 13.6. The van der Waals surface area contributed by atoms with E-state index in [1.165, 1.54) is 5.56 Å². The average molecular weight is 310 g/mol. The minimum absolute atomic E-state index is 0.0846. The van der Waals surface area contributed by atoms with E-state index < -0.39 is 4.32 Å². The highest BCUT2D eigenvalue weighted by molar-refractivity contribution is 9.10. The molecular formula is C15H20BrNO. The number of amides is 1. The Morgan fingerprint density at radius 2 is 1.83 bits per heavy atom. The van der Waals surface area contributed by atoms with Gasteiger partial charge in [-0.25, -0.2) is 0 Å².